The molecule has 0 radical (unpaired) electrons. The van der Waals surface area contributed by atoms with Gasteiger partial charge >= 0.3 is 0 Å². The van der Waals surface area contributed by atoms with E-state index in [1.807, 2.05) is 32.0 Å². The van der Waals surface area contributed by atoms with E-state index < -0.39 is 0 Å². The summed E-state index contributed by atoms with van der Waals surface area (Å²) in [5.74, 6) is 2.21. The van der Waals surface area contributed by atoms with Crippen LogP contribution in [0.5, 0.6) is 0 Å². The smallest absolute Gasteiger partial charge is 0.162 e. The Balaban J connectivity index is 0.000000245. The van der Waals surface area contributed by atoms with Crippen molar-refractivity contribution in [3.63, 3.8) is 0 Å². The molecule has 30 heavy (non-hydrogen) atoms. The van der Waals surface area contributed by atoms with Crippen LogP contribution in [0, 0.1) is 11.8 Å². The Bertz CT molecular complexity index is 820. The fourth-order valence-electron chi connectivity index (χ4n) is 4.51. The van der Waals surface area contributed by atoms with Crippen molar-refractivity contribution in [3.8, 4) is 11.1 Å². The second kappa shape index (κ2) is 12.0. The van der Waals surface area contributed by atoms with Gasteiger partial charge in [-0.05, 0) is 53.5 Å². The summed E-state index contributed by atoms with van der Waals surface area (Å²) < 4.78 is 0. The van der Waals surface area contributed by atoms with Gasteiger partial charge in [0.2, 0.25) is 0 Å². The Morgan fingerprint density at radius 2 is 1.77 bits per heavy atom. The quantitative estimate of drug-likeness (QED) is 0.304. The number of rotatable bonds is 4. The Morgan fingerprint density at radius 1 is 1.07 bits per heavy atom. The fourth-order valence-corrected chi connectivity index (χ4v) is 4.51. The number of nitrogens with two attached hydrogens (primary N) is 1. The molecule has 0 spiro atoms. The SMILES string of the molecule is CC.CCC1CCC(C)CC1.CO[NH2+]c1ccc2c(c1)Cc1cccc(C(C)=O)c1-2. The molecule has 0 bridgehead atoms. The van der Waals surface area contributed by atoms with E-state index in [4.69, 9.17) is 4.84 Å². The van der Waals surface area contributed by atoms with Gasteiger partial charge in [-0.25, -0.2) is 4.84 Å². The van der Waals surface area contributed by atoms with Crippen LogP contribution < -0.4 is 5.48 Å². The van der Waals surface area contributed by atoms with E-state index in [9.17, 15) is 4.79 Å². The molecule has 3 heteroatoms. The fraction of sp³-hybridized carbons (Fsp3) is 0.519. The molecule has 2 aliphatic rings. The van der Waals surface area contributed by atoms with Crippen molar-refractivity contribution in [2.45, 2.75) is 73.1 Å². The first-order valence-electron chi connectivity index (χ1n) is 11.7. The van der Waals surface area contributed by atoms with E-state index in [0.29, 0.717) is 0 Å². The second-order valence-electron chi connectivity index (χ2n) is 8.38. The van der Waals surface area contributed by atoms with Crippen LogP contribution in [0.1, 0.15) is 88.2 Å². The summed E-state index contributed by atoms with van der Waals surface area (Å²) >= 11 is 0. The average molecular weight is 411 g/mol. The Labute approximate surface area is 183 Å². The van der Waals surface area contributed by atoms with Crippen molar-refractivity contribution < 1.29 is 15.1 Å². The predicted molar refractivity (Wildman–Crippen MR) is 126 cm³/mol. The lowest BCUT2D eigenvalue weighted by Crippen LogP contribution is -2.75. The molecule has 0 heterocycles. The Kier molecular flexibility index (Phi) is 9.74. The van der Waals surface area contributed by atoms with E-state index in [0.717, 1.165) is 35.1 Å². The molecule has 0 unspecified atom stereocenters. The highest BCUT2D eigenvalue weighted by molar-refractivity contribution is 6.03. The summed E-state index contributed by atoms with van der Waals surface area (Å²) in [5.41, 5.74) is 8.38. The molecule has 0 atom stereocenters. The molecular formula is C27H40NO2+. The van der Waals surface area contributed by atoms with Crippen molar-refractivity contribution >= 4 is 11.5 Å². The van der Waals surface area contributed by atoms with Gasteiger partial charge in [0.05, 0.1) is 7.11 Å². The van der Waals surface area contributed by atoms with Gasteiger partial charge in [-0.15, -0.1) is 0 Å². The van der Waals surface area contributed by atoms with Crippen LogP contribution in [-0.2, 0) is 11.3 Å². The second-order valence-corrected chi connectivity index (χ2v) is 8.38. The normalized spacial score (nSPS) is 18.9. The first-order chi connectivity index (χ1) is 14.5. The van der Waals surface area contributed by atoms with Crippen molar-refractivity contribution in [1.82, 2.24) is 0 Å². The van der Waals surface area contributed by atoms with Crippen LogP contribution in [-0.4, -0.2) is 12.9 Å². The first kappa shape index (κ1) is 24.3. The summed E-state index contributed by atoms with van der Waals surface area (Å²) in [6, 6.07) is 12.2. The van der Waals surface area contributed by atoms with Gasteiger partial charge in [-0.3, -0.25) is 4.79 Å². The number of fused-ring (bicyclic) bond motifs is 3. The van der Waals surface area contributed by atoms with E-state index in [2.05, 4.69) is 32.0 Å². The summed E-state index contributed by atoms with van der Waals surface area (Å²) in [5, 5.41) is 0. The third-order valence-corrected chi connectivity index (χ3v) is 6.28. The van der Waals surface area contributed by atoms with Crippen LogP contribution >= 0.6 is 0 Å². The minimum absolute atomic E-state index is 0.122. The number of carbonyl (C=O) groups excluding carboxylic acids is 1. The number of quaternary nitrogens is 1. The molecular weight excluding hydrogens is 370 g/mol. The summed E-state index contributed by atoms with van der Waals surface area (Å²) in [7, 11) is 1.65. The van der Waals surface area contributed by atoms with Gasteiger partial charge < -0.3 is 0 Å². The molecule has 164 valence electrons. The molecule has 0 saturated heterocycles. The number of ketones is 1. The zero-order valence-electron chi connectivity index (χ0n) is 19.8. The minimum atomic E-state index is 0.122. The topological polar surface area (TPSA) is 42.9 Å². The Morgan fingerprint density at radius 3 is 2.37 bits per heavy atom. The molecule has 0 aromatic heterocycles. The van der Waals surface area contributed by atoms with Crippen LogP contribution in [0.15, 0.2) is 36.4 Å². The van der Waals surface area contributed by atoms with E-state index in [1.54, 1.807) is 19.5 Å². The molecule has 2 aromatic carbocycles. The standard InChI is InChI=1S/C16H15NO2.C9H18.C2H6/c1-10(18)14-5-3-4-11-8-12-9-13(17-19-2)6-7-15(12)16(11)14;1-3-9-6-4-8(2)5-7-9;1-2/h3-7,9,17H,8H2,1-2H3;8-9H,3-7H2,1-2H3;1-2H3/p+1. The number of carbonyl (C=O) groups is 1. The summed E-state index contributed by atoms with van der Waals surface area (Å²) in [6.07, 6.45) is 8.26. The summed E-state index contributed by atoms with van der Waals surface area (Å²) in [6.45, 7) is 10.3. The van der Waals surface area contributed by atoms with E-state index in [1.165, 1.54) is 48.8 Å². The molecule has 1 saturated carbocycles. The van der Waals surface area contributed by atoms with Gasteiger partial charge in [0, 0.05) is 17.7 Å². The van der Waals surface area contributed by atoms with Crippen molar-refractivity contribution in [2.75, 3.05) is 7.11 Å². The average Bonchev–Trinajstić information content (AvgIpc) is 3.14. The van der Waals surface area contributed by atoms with Gasteiger partial charge in [0.25, 0.3) is 0 Å². The van der Waals surface area contributed by atoms with Crippen molar-refractivity contribution in [1.29, 1.82) is 0 Å². The monoisotopic (exact) mass is 410 g/mol. The summed E-state index contributed by atoms with van der Waals surface area (Å²) in [4.78, 5) is 16.8. The minimum Gasteiger partial charge on any atom is -0.294 e. The maximum Gasteiger partial charge on any atom is 0.162 e. The molecule has 4 rings (SSSR count). The van der Waals surface area contributed by atoms with Gasteiger partial charge in [0.15, 0.2) is 11.5 Å². The number of Topliss-reactive ketones (excluding diaryl/α,β-unsaturated/α-hetero) is 1. The number of benzene rings is 2. The van der Waals surface area contributed by atoms with Crippen LogP contribution in [0.4, 0.5) is 5.69 Å². The largest absolute Gasteiger partial charge is 0.294 e. The molecule has 2 aromatic rings. The number of hydrogen-bond donors (Lipinski definition) is 1. The van der Waals surface area contributed by atoms with E-state index >= 15 is 0 Å². The lowest BCUT2D eigenvalue weighted by atomic mass is 9.82. The molecule has 3 nitrogen and oxygen atoms in total. The van der Waals surface area contributed by atoms with Crippen LogP contribution in [0.2, 0.25) is 0 Å². The lowest BCUT2D eigenvalue weighted by molar-refractivity contribution is -0.830. The highest BCUT2D eigenvalue weighted by atomic mass is 16.6. The molecule has 0 amide bonds. The van der Waals surface area contributed by atoms with Gasteiger partial charge in [-0.2, -0.15) is 5.48 Å². The van der Waals surface area contributed by atoms with Crippen molar-refractivity contribution in [2.24, 2.45) is 11.8 Å². The van der Waals surface area contributed by atoms with Crippen molar-refractivity contribution in [3.05, 3.63) is 53.1 Å². The molecule has 0 aliphatic heterocycles. The maximum atomic E-state index is 11.8. The molecule has 2 N–H and O–H groups in total. The van der Waals surface area contributed by atoms with E-state index in [-0.39, 0.29) is 5.78 Å². The molecule has 1 fully saturated rings. The van der Waals surface area contributed by atoms with Crippen LogP contribution in [0.25, 0.3) is 11.1 Å². The third kappa shape index (κ3) is 6.02. The molecule has 2 aliphatic carbocycles. The third-order valence-electron chi connectivity index (χ3n) is 6.28. The lowest BCUT2D eigenvalue weighted by Gasteiger charge is -2.24. The maximum absolute atomic E-state index is 11.8. The van der Waals surface area contributed by atoms with Gasteiger partial charge in [0.1, 0.15) is 0 Å². The van der Waals surface area contributed by atoms with Gasteiger partial charge in [-0.1, -0.05) is 78.0 Å². The predicted octanol–water partition coefficient (Wildman–Crippen LogP) is 6.47. The zero-order chi connectivity index (χ0) is 22.1. The Hall–Kier alpha value is -1.97. The van der Waals surface area contributed by atoms with Crippen LogP contribution in [0.3, 0.4) is 0 Å². The zero-order valence-corrected chi connectivity index (χ0v) is 19.8. The highest BCUT2D eigenvalue weighted by Crippen LogP contribution is 2.39. The highest BCUT2D eigenvalue weighted by Gasteiger charge is 2.23. The first-order valence-corrected chi connectivity index (χ1v) is 11.7. The number of hydrogen-bond acceptors (Lipinski definition) is 2.